The van der Waals surface area contributed by atoms with E-state index in [2.05, 4.69) is 58.7 Å². The molecule has 1 aliphatic rings. The summed E-state index contributed by atoms with van der Waals surface area (Å²) >= 11 is 0. The first-order valence-electron chi connectivity index (χ1n) is 10.6. The molecule has 7 heteroatoms. The van der Waals surface area contributed by atoms with Gasteiger partial charge in [0, 0.05) is 39.4 Å². The van der Waals surface area contributed by atoms with Gasteiger partial charge in [0.1, 0.15) is 0 Å². The van der Waals surface area contributed by atoms with Crippen molar-refractivity contribution >= 4 is 30.7 Å². The SMILES string of the molecule is Cl.Cl.NC(C(=O)NCCCN(Cc1ccccc1)Cc1ccccc1)C1CCOCC1. The Morgan fingerprint density at radius 1 is 0.968 bits per heavy atom. The molecule has 0 bridgehead atoms. The molecule has 2 aromatic rings. The van der Waals surface area contributed by atoms with Crippen LogP contribution in [0.25, 0.3) is 0 Å². The third-order valence-electron chi connectivity index (χ3n) is 5.52. The third-order valence-corrected chi connectivity index (χ3v) is 5.52. The summed E-state index contributed by atoms with van der Waals surface area (Å²) in [5, 5.41) is 3.03. The summed E-state index contributed by atoms with van der Waals surface area (Å²) in [6.07, 6.45) is 2.64. The zero-order valence-electron chi connectivity index (χ0n) is 17.9. The van der Waals surface area contributed by atoms with E-state index in [0.29, 0.717) is 19.8 Å². The van der Waals surface area contributed by atoms with E-state index in [1.807, 2.05) is 12.1 Å². The number of carbonyl (C=O) groups is 1. The zero-order valence-corrected chi connectivity index (χ0v) is 19.6. The molecule has 31 heavy (non-hydrogen) atoms. The Balaban J connectivity index is 0.00000240. The van der Waals surface area contributed by atoms with Gasteiger partial charge in [-0.1, -0.05) is 60.7 Å². The van der Waals surface area contributed by atoms with Crippen molar-refractivity contribution in [2.24, 2.45) is 11.7 Å². The van der Waals surface area contributed by atoms with Gasteiger partial charge in [0.2, 0.25) is 5.91 Å². The molecule has 0 saturated carbocycles. The van der Waals surface area contributed by atoms with Crippen molar-refractivity contribution in [2.45, 2.75) is 38.4 Å². The second kappa shape index (κ2) is 15.2. The lowest BCUT2D eigenvalue weighted by molar-refractivity contribution is -0.124. The second-order valence-corrected chi connectivity index (χ2v) is 7.80. The smallest absolute Gasteiger partial charge is 0.237 e. The number of hydrogen-bond donors (Lipinski definition) is 2. The maximum atomic E-state index is 12.4. The van der Waals surface area contributed by atoms with Crippen molar-refractivity contribution in [3.63, 3.8) is 0 Å². The van der Waals surface area contributed by atoms with Gasteiger partial charge in [-0.3, -0.25) is 9.69 Å². The Morgan fingerprint density at radius 2 is 1.48 bits per heavy atom. The number of nitrogens with zero attached hydrogens (tertiary/aromatic N) is 1. The summed E-state index contributed by atoms with van der Waals surface area (Å²) in [5.41, 5.74) is 8.76. The first-order valence-corrected chi connectivity index (χ1v) is 10.6. The number of amides is 1. The molecule has 1 aliphatic heterocycles. The molecule has 0 aliphatic carbocycles. The lowest BCUT2D eigenvalue weighted by Gasteiger charge is -2.27. The molecule has 1 unspecified atom stereocenters. The minimum Gasteiger partial charge on any atom is -0.381 e. The molecule has 1 atom stereocenters. The van der Waals surface area contributed by atoms with Crippen molar-refractivity contribution in [1.29, 1.82) is 0 Å². The lowest BCUT2D eigenvalue weighted by Crippen LogP contribution is -2.47. The Hall–Kier alpha value is -1.63. The maximum absolute atomic E-state index is 12.4. The van der Waals surface area contributed by atoms with Gasteiger partial charge in [0.25, 0.3) is 0 Å². The van der Waals surface area contributed by atoms with Crippen LogP contribution in [0.3, 0.4) is 0 Å². The number of rotatable bonds is 10. The molecule has 0 radical (unpaired) electrons. The molecule has 1 saturated heterocycles. The molecule has 2 aromatic carbocycles. The summed E-state index contributed by atoms with van der Waals surface area (Å²) < 4.78 is 5.36. The van der Waals surface area contributed by atoms with Crippen LogP contribution >= 0.6 is 24.8 Å². The number of halogens is 2. The normalized spacial score (nSPS) is 14.9. The Kier molecular flexibility index (Phi) is 13.5. The molecule has 0 spiro atoms. The van der Waals surface area contributed by atoms with E-state index in [1.54, 1.807) is 0 Å². The standard InChI is InChI=1S/C24H33N3O2.2ClH/c25-23(22-12-16-29-17-13-22)24(28)26-14-7-15-27(18-20-8-3-1-4-9-20)19-21-10-5-2-6-11-21;;/h1-6,8-11,22-23H,7,12-19,25H2,(H,26,28);2*1H. The molecule has 3 N–H and O–H groups in total. The molecule has 1 amide bonds. The summed E-state index contributed by atoms with van der Waals surface area (Å²) in [4.78, 5) is 14.8. The van der Waals surface area contributed by atoms with Crippen molar-refractivity contribution in [3.05, 3.63) is 71.8 Å². The Morgan fingerprint density at radius 3 is 2.00 bits per heavy atom. The summed E-state index contributed by atoms with van der Waals surface area (Å²) in [5.74, 6) is 0.200. The largest absolute Gasteiger partial charge is 0.381 e. The number of nitrogens with two attached hydrogens (primary N) is 1. The van der Waals surface area contributed by atoms with Crippen LogP contribution in [-0.4, -0.2) is 43.2 Å². The number of nitrogens with one attached hydrogen (secondary N) is 1. The van der Waals surface area contributed by atoms with E-state index in [1.165, 1.54) is 11.1 Å². The first-order chi connectivity index (χ1) is 14.2. The van der Waals surface area contributed by atoms with Crippen LogP contribution in [-0.2, 0) is 22.6 Å². The lowest BCUT2D eigenvalue weighted by atomic mass is 9.92. The zero-order chi connectivity index (χ0) is 20.3. The molecule has 5 nitrogen and oxygen atoms in total. The van der Waals surface area contributed by atoms with Crippen molar-refractivity contribution < 1.29 is 9.53 Å². The van der Waals surface area contributed by atoms with E-state index < -0.39 is 6.04 Å². The van der Waals surface area contributed by atoms with E-state index >= 15 is 0 Å². The summed E-state index contributed by atoms with van der Waals surface area (Å²) in [6, 6.07) is 20.6. The van der Waals surface area contributed by atoms with E-state index in [4.69, 9.17) is 10.5 Å². The number of benzene rings is 2. The number of carbonyl (C=O) groups excluding carboxylic acids is 1. The van der Waals surface area contributed by atoms with Crippen LogP contribution < -0.4 is 11.1 Å². The van der Waals surface area contributed by atoms with E-state index in [9.17, 15) is 4.79 Å². The van der Waals surface area contributed by atoms with Crippen LogP contribution in [0.15, 0.2) is 60.7 Å². The molecule has 172 valence electrons. The predicted molar refractivity (Wildman–Crippen MR) is 131 cm³/mol. The van der Waals surface area contributed by atoms with Crippen molar-refractivity contribution in [1.82, 2.24) is 10.2 Å². The average Bonchev–Trinajstić information content (AvgIpc) is 2.78. The second-order valence-electron chi connectivity index (χ2n) is 7.80. The fraction of sp³-hybridized carbons (Fsp3) is 0.458. The van der Waals surface area contributed by atoms with Crippen LogP contribution in [0.5, 0.6) is 0 Å². The molecule has 0 aromatic heterocycles. The minimum atomic E-state index is -0.427. The van der Waals surface area contributed by atoms with E-state index in [0.717, 1.165) is 38.9 Å². The van der Waals surface area contributed by atoms with Gasteiger partial charge in [-0.15, -0.1) is 24.8 Å². The monoisotopic (exact) mass is 467 g/mol. The van der Waals surface area contributed by atoms with Gasteiger partial charge in [-0.25, -0.2) is 0 Å². The summed E-state index contributed by atoms with van der Waals surface area (Å²) in [7, 11) is 0. The fourth-order valence-electron chi connectivity index (χ4n) is 3.82. The highest BCUT2D eigenvalue weighted by molar-refractivity contribution is 5.85. The van der Waals surface area contributed by atoms with Gasteiger partial charge in [-0.05, 0) is 36.3 Å². The van der Waals surface area contributed by atoms with Gasteiger partial charge in [0.15, 0.2) is 0 Å². The first kappa shape index (κ1) is 27.4. The predicted octanol–water partition coefficient (Wildman–Crippen LogP) is 3.79. The molecule has 1 fully saturated rings. The Labute approximate surface area is 198 Å². The molecule has 1 heterocycles. The topological polar surface area (TPSA) is 67.6 Å². The van der Waals surface area contributed by atoms with Gasteiger partial charge < -0.3 is 15.8 Å². The number of hydrogen-bond acceptors (Lipinski definition) is 4. The van der Waals surface area contributed by atoms with Crippen molar-refractivity contribution in [2.75, 3.05) is 26.3 Å². The quantitative estimate of drug-likeness (QED) is 0.521. The van der Waals surface area contributed by atoms with Gasteiger partial charge >= 0.3 is 0 Å². The van der Waals surface area contributed by atoms with Crippen LogP contribution in [0, 0.1) is 5.92 Å². The van der Waals surface area contributed by atoms with Gasteiger partial charge in [0.05, 0.1) is 6.04 Å². The average molecular weight is 468 g/mol. The Bertz CT molecular complexity index is 687. The van der Waals surface area contributed by atoms with Crippen molar-refractivity contribution in [3.8, 4) is 0 Å². The highest BCUT2D eigenvalue weighted by atomic mass is 35.5. The number of ether oxygens (including phenoxy) is 1. The molecular weight excluding hydrogens is 433 g/mol. The molecular formula is C24H35Cl2N3O2. The van der Waals surface area contributed by atoms with E-state index in [-0.39, 0.29) is 36.6 Å². The minimum absolute atomic E-state index is 0. The van der Waals surface area contributed by atoms with Gasteiger partial charge in [-0.2, -0.15) is 0 Å². The summed E-state index contributed by atoms with van der Waals surface area (Å²) in [6.45, 7) is 4.77. The van der Waals surface area contributed by atoms with Crippen LogP contribution in [0.1, 0.15) is 30.4 Å². The van der Waals surface area contributed by atoms with Crippen LogP contribution in [0.2, 0.25) is 0 Å². The third kappa shape index (κ3) is 9.58. The molecule has 3 rings (SSSR count). The highest BCUT2D eigenvalue weighted by Gasteiger charge is 2.26. The maximum Gasteiger partial charge on any atom is 0.237 e. The fourth-order valence-corrected chi connectivity index (χ4v) is 3.82. The van der Waals surface area contributed by atoms with Crippen LogP contribution in [0.4, 0.5) is 0 Å². The highest BCUT2D eigenvalue weighted by Crippen LogP contribution is 2.17.